The fourth-order valence-electron chi connectivity index (χ4n) is 4.31. The number of rotatable bonds is 5. The second-order valence-electron chi connectivity index (χ2n) is 8.49. The Morgan fingerprint density at radius 1 is 1.21 bits per heavy atom. The number of nitriles is 1. The summed E-state index contributed by atoms with van der Waals surface area (Å²) < 4.78 is 7.77. The SMILES string of the molecule is C#CC(=O)N1CCN(c2ccc(-c3cc(OCC4CCC4)cn4ncc(C#N)c34)cn2)CC1. The van der Waals surface area contributed by atoms with Crippen molar-refractivity contribution in [2.45, 2.75) is 19.3 Å². The van der Waals surface area contributed by atoms with Gasteiger partial charge in [0.2, 0.25) is 0 Å². The van der Waals surface area contributed by atoms with E-state index in [0.717, 1.165) is 28.2 Å². The zero-order valence-electron chi connectivity index (χ0n) is 18.3. The highest BCUT2D eigenvalue weighted by Gasteiger charge is 2.22. The number of hydrogen-bond acceptors (Lipinski definition) is 6. The van der Waals surface area contributed by atoms with Crippen LogP contribution in [-0.4, -0.2) is 58.2 Å². The van der Waals surface area contributed by atoms with Gasteiger partial charge in [0.15, 0.2) is 0 Å². The summed E-state index contributed by atoms with van der Waals surface area (Å²) in [6.07, 6.45) is 14.1. The molecule has 0 atom stereocenters. The van der Waals surface area contributed by atoms with E-state index in [0.29, 0.717) is 44.3 Å². The number of nitrogens with zero attached hydrogens (tertiary/aromatic N) is 6. The molecule has 1 aliphatic carbocycles. The number of ether oxygens (including phenoxy) is 1. The molecule has 0 aromatic carbocycles. The molecule has 0 radical (unpaired) electrons. The van der Waals surface area contributed by atoms with Crippen molar-refractivity contribution < 1.29 is 9.53 Å². The van der Waals surface area contributed by atoms with Gasteiger partial charge in [-0.3, -0.25) is 4.79 Å². The molecule has 0 N–H and O–H groups in total. The molecule has 3 aromatic heterocycles. The molecule has 1 saturated carbocycles. The Morgan fingerprint density at radius 3 is 2.67 bits per heavy atom. The molecule has 0 unspecified atom stereocenters. The number of piperazine rings is 1. The summed E-state index contributed by atoms with van der Waals surface area (Å²) in [4.78, 5) is 20.2. The summed E-state index contributed by atoms with van der Waals surface area (Å²) in [5.74, 6) is 4.10. The fourth-order valence-corrected chi connectivity index (χ4v) is 4.31. The first-order valence-electron chi connectivity index (χ1n) is 11.2. The van der Waals surface area contributed by atoms with E-state index in [1.165, 1.54) is 19.3 Å². The molecule has 2 aliphatic rings. The summed E-state index contributed by atoms with van der Waals surface area (Å²) in [6, 6.07) is 8.17. The van der Waals surface area contributed by atoms with E-state index < -0.39 is 0 Å². The lowest BCUT2D eigenvalue weighted by Crippen LogP contribution is -2.48. The van der Waals surface area contributed by atoms with Crippen LogP contribution in [0.3, 0.4) is 0 Å². The molecule has 3 aromatic rings. The van der Waals surface area contributed by atoms with Crippen LogP contribution < -0.4 is 9.64 Å². The number of pyridine rings is 2. The second-order valence-corrected chi connectivity index (χ2v) is 8.49. The van der Waals surface area contributed by atoms with Crippen LogP contribution in [0.1, 0.15) is 24.8 Å². The van der Waals surface area contributed by atoms with Crippen LogP contribution in [0.4, 0.5) is 5.82 Å². The first kappa shape index (κ1) is 20.8. The Morgan fingerprint density at radius 2 is 2.03 bits per heavy atom. The Bertz CT molecular complexity index is 1260. The summed E-state index contributed by atoms with van der Waals surface area (Å²) in [6.45, 7) is 3.21. The Labute approximate surface area is 192 Å². The maximum atomic E-state index is 11.7. The van der Waals surface area contributed by atoms with Crippen LogP contribution in [-0.2, 0) is 4.79 Å². The number of carbonyl (C=O) groups is 1. The lowest BCUT2D eigenvalue weighted by atomic mass is 9.86. The molecule has 2 fully saturated rings. The molecule has 1 amide bonds. The monoisotopic (exact) mass is 440 g/mol. The molecule has 0 bridgehead atoms. The van der Waals surface area contributed by atoms with E-state index in [4.69, 9.17) is 11.2 Å². The van der Waals surface area contributed by atoms with Crippen LogP contribution >= 0.6 is 0 Å². The van der Waals surface area contributed by atoms with Gasteiger partial charge >= 0.3 is 0 Å². The van der Waals surface area contributed by atoms with Crippen molar-refractivity contribution in [2.75, 3.05) is 37.7 Å². The molecular formula is C25H24N6O2. The van der Waals surface area contributed by atoms with Gasteiger partial charge in [-0.05, 0) is 42.9 Å². The summed E-state index contributed by atoms with van der Waals surface area (Å²) in [7, 11) is 0. The van der Waals surface area contributed by atoms with Gasteiger partial charge in [0.05, 0.1) is 30.1 Å². The summed E-state index contributed by atoms with van der Waals surface area (Å²) in [5, 5.41) is 13.9. The van der Waals surface area contributed by atoms with Crippen molar-refractivity contribution in [3.63, 3.8) is 0 Å². The number of hydrogen-bond donors (Lipinski definition) is 0. The number of amides is 1. The molecule has 33 heavy (non-hydrogen) atoms. The van der Waals surface area contributed by atoms with Crippen LogP contribution in [0, 0.1) is 29.6 Å². The van der Waals surface area contributed by atoms with Gasteiger partial charge in [-0.25, -0.2) is 9.50 Å². The Balaban J connectivity index is 1.40. The number of aromatic nitrogens is 3. The highest BCUT2D eigenvalue weighted by Crippen LogP contribution is 2.33. The maximum absolute atomic E-state index is 11.7. The van der Waals surface area contributed by atoms with E-state index in [1.54, 1.807) is 15.6 Å². The molecule has 1 aliphatic heterocycles. The molecule has 8 nitrogen and oxygen atoms in total. The number of carbonyl (C=O) groups excluding carboxylic acids is 1. The van der Waals surface area contributed by atoms with E-state index in [1.807, 2.05) is 30.6 Å². The van der Waals surface area contributed by atoms with Gasteiger partial charge < -0.3 is 14.5 Å². The van der Waals surface area contributed by atoms with Crippen molar-refractivity contribution in [3.05, 3.63) is 42.4 Å². The summed E-state index contributed by atoms with van der Waals surface area (Å²) >= 11 is 0. The maximum Gasteiger partial charge on any atom is 0.298 e. The molecule has 0 spiro atoms. The molecule has 8 heteroatoms. The van der Waals surface area contributed by atoms with Crippen LogP contribution in [0.25, 0.3) is 16.6 Å². The average molecular weight is 441 g/mol. The van der Waals surface area contributed by atoms with Gasteiger partial charge in [-0.1, -0.05) is 6.42 Å². The quantitative estimate of drug-likeness (QED) is 0.567. The number of fused-ring (bicyclic) bond motifs is 1. The zero-order chi connectivity index (χ0) is 22.8. The van der Waals surface area contributed by atoms with Gasteiger partial charge in [-0.15, -0.1) is 6.42 Å². The molecule has 1 saturated heterocycles. The Kier molecular flexibility index (Phi) is 5.58. The predicted molar refractivity (Wildman–Crippen MR) is 124 cm³/mol. The van der Waals surface area contributed by atoms with E-state index in [2.05, 4.69) is 27.0 Å². The topological polar surface area (TPSA) is 86.8 Å². The second kappa shape index (κ2) is 8.84. The molecule has 166 valence electrons. The normalized spacial score (nSPS) is 16.2. The first-order valence-corrected chi connectivity index (χ1v) is 11.2. The van der Waals surface area contributed by atoms with E-state index >= 15 is 0 Å². The lowest BCUT2D eigenvalue weighted by Gasteiger charge is -2.34. The number of terminal acetylenes is 1. The van der Waals surface area contributed by atoms with Crippen LogP contribution in [0.15, 0.2) is 36.8 Å². The minimum absolute atomic E-state index is 0.268. The van der Waals surface area contributed by atoms with E-state index in [-0.39, 0.29) is 5.91 Å². The zero-order valence-corrected chi connectivity index (χ0v) is 18.3. The third-order valence-corrected chi connectivity index (χ3v) is 6.49. The van der Waals surface area contributed by atoms with Crippen molar-refractivity contribution in [2.24, 2.45) is 5.92 Å². The molecule has 5 rings (SSSR count). The highest BCUT2D eigenvalue weighted by atomic mass is 16.5. The third kappa shape index (κ3) is 4.08. The van der Waals surface area contributed by atoms with Crippen LogP contribution in [0.5, 0.6) is 5.75 Å². The van der Waals surface area contributed by atoms with Gasteiger partial charge in [-0.2, -0.15) is 10.4 Å². The van der Waals surface area contributed by atoms with Crippen molar-refractivity contribution in [3.8, 4) is 35.3 Å². The molecular weight excluding hydrogens is 416 g/mol. The third-order valence-electron chi connectivity index (χ3n) is 6.49. The molecule has 4 heterocycles. The van der Waals surface area contributed by atoms with Crippen molar-refractivity contribution >= 4 is 17.2 Å². The smallest absolute Gasteiger partial charge is 0.298 e. The first-order chi connectivity index (χ1) is 16.2. The lowest BCUT2D eigenvalue weighted by molar-refractivity contribution is -0.125. The van der Waals surface area contributed by atoms with E-state index in [9.17, 15) is 10.1 Å². The van der Waals surface area contributed by atoms with Crippen molar-refractivity contribution in [1.29, 1.82) is 5.26 Å². The van der Waals surface area contributed by atoms with Gasteiger partial charge in [0.1, 0.15) is 17.6 Å². The largest absolute Gasteiger partial charge is 0.492 e. The highest BCUT2D eigenvalue weighted by molar-refractivity contribution is 5.93. The fraction of sp³-hybridized carbons (Fsp3) is 0.360. The standard InChI is InChI=1S/C25H24N6O2/c1-2-24(32)30-10-8-29(9-11-30)23-7-6-19(14-27-23)22-12-21(33-17-18-4-3-5-18)16-31-25(22)20(13-26)15-28-31/h1,6-7,12,14-16,18H,3-5,8-11,17H2. The number of anilines is 1. The minimum Gasteiger partial charge on any atom is -0.492 e. The average Bonchev–Trinajstić information content (AvgIpc) is 3.25. The van der Waals surface area contributed by atoms with Gasteiger partial charge in [0.25, 0.3) is 5.91 Å². The Hall–Kier alpha value is -4.04. The summed E-state index contributed by atoms with van der Waals surface area (Å²) in [5.41, 5.74) is 2.99. The van der Waals surface area contributed by atoms with Gasteiger partial charge in [0, 0.05) is 43.5 Å². The van der Waals surface area contributed by atoms with Crippen LogP contribution in [0.2, 0.25) is 0 Å². The predicted octanol–water partition coefficient (Wildman–Crippen LogP) is 2.73. The minimum atomic E-state index is -0.268. The van der Waals surface area contributed by atoms with Crippen molar-refractivity contribution in [1.82, 2.24) is 19.5 Å².